The molecule has 4 heteroatoms. The fraction of sp³-hybridized carbons (Fsp3) is 0.154. The summed E-state index contributed by atoms with van der Waals surface area (Å²) in [5, 5.41) is 12.8. The Morgan fingerprint density at radius 1 is 1.00 bits per heavy atom. The lowest BCUT2D eigenvalue weighted by Crippen LogP contribution is -2.13. The van der Waals surface area contributed by atoms with Crippen molar-refractivity contribution in [3.05, 3.63) is 105 Å². The van der Waals surface area contributed by atoms with Crippen LogP contribution in [0.1, 0.15) is 33.4 Å². The van der Waals surface area contributed by atoms with Crippen molar-refractivity contribution in [2.45, 2.75) is 27.2 Å². The average Bonchev–Trinajstić information content (AvgIpc) is 2.67. The lowest BCUT2D eigenvalue weighted by Gasteiger charge is -2.09. The van der Waals surface area contributed by atoms with Crippen molar-refractivity contribution in [2.24, 2.45) is 0 Å². The molecule has 3 aromatic carbocycles. The molecule has 0 saturated carbocycles. The summed E-state index contributed by atoms with van der Waals surface area (Å²) in [7, 11) is 0. The molecule has 0 unspecified atom stereocenters. The van der Waals surface area contributed by atoms with E-state index in [1.54, 1.807) is 18.2 Å². The number of rotatable bonds is 5. The molecule has 0 atom stereocenters. The van der Waals surface area contributed by atoms with E-state index in [2.05, 4.69) is 37.4 Å². The summed E-state index contributed by atoms with van der Waals surface area (Å²) in [6.07, 6.45) is 2.28. The van der Waals surface area contributed by atoms with Gasteiger partial charge in [0.2, 0.25) is 0 Å². The van der Waals surface area contributed by atoms with E-state index in [1.165, 1.54) is 16.7 Å². The standard InChI is InChI=1S/C26H23ClN2O/c1-17-5-4-6-24(12-17)29-26(30)23(16-28)13-20-7-8-22(25(27)15-20)14-21-10-18(2)9-19(3)11-21/h4-13,15H,14H2,1-3H3,(H,29,30)/b23-13+. The van der Waals surface area contributed by atoms with Crippen LogP contribution in [0.3, 0.4) is 0 Å². The van der Waals surface area contributed by atoms with Gasteiger partial charge in [0.05, 0.1) is 0 Å². The summed E-state index contributed by atoms with van der Waals surface area (Å²) in [5.74, 6) is -0.446. The molecule has 0 fully saturated rings. The molecule has 0 aliphatic carbocycles. The molecule has 0 aromatic heterocycles. The highest BCUT2D eigenvalue weighted by Crippen LogP contribution is 2.23. The summed E-state index contributed by atoms with van der Waals surface area (Å²) >= 11 is 6.50. The van der Waals surface area contributed by atoms with Gasteiger partial charge in [0.15, 0.2) is 0 Å². The van der Waals surface area contributed by atoms with Crippen LogP contribution >= 0.6 is 11.6 Å². The van der Waals surface area contributed by atoms with Crippen molar-refractivity contribution >= 4 is 29.3 Å². The van der Waals surface area contributed by atoms with Gasteiger partial charge in [-0.3, -0.25) is 4.79 Å². The second-order valence-corrected chi connectivity index (χ2v) is 7.92. The van der Waals surface area contributed by atoms with E-state index in [9.17, 15) is 10.1 Å². The van der Waals surface area contributed by atoms with E-state index >= 15 is 0 Å². The first kappa shape index (κ1) is 21.4. The average molecular weight is 415 g/mol. The van der Waals surface area contributed by atoms with Gasteiger partial charge in [0, 0.05) is 10.7 Å². The number of nitrogens with one attached hydrogen (secondary N) is 1. The van der Waals surface area contributed by atoms with E-state index in [0.717, 1.165) is 17.5 Å². The molecule has 0 bridgehead atoms. The topological polar surface area (TPSA) is 52.9 Å². The SMILES string of the molecule is Cc1cc(C)cc(Cc2ccc(/C=C(\C#N)C(=O)Nc3cccc(C)c3)cc2Cl)c1. The maximum atomic E-state index is 12.5. The van der Waals surface area contributed by atoms with Gasteiger partial charge in [-0.2, -0.15) is 5.26 Å². The summed E-state index contributed by atoms with van der Waals surface area (Å²) < 4.78 is 0. The van der Waals surface area contributed by atoms with Gasteiger partial charge in [-0.15, -0.1) is 0 Å². The maximum Gasteiger partial charge on any atom is 0.266 e. The third kappa shape index (κ3) is 5.59. The van der Waals surface area contributed by atoms with Gasteiger partial charge in [-0.1, -0.05) is 65.2 Å². The van der Waals surface area contributed by atoms with E-state index in [-0.39, 0.29) is 5.57 Å². The number of carbonyl (C=O) groups excluding carboxylic acids is 1. The molecule has 0 radical (unpaired) electrons. The van der Waals surface area contributed by atoms with Crippen LogP contribution in [0.2, 0.25) is 5.02 Å². The minimum absolute atomic E-state index is 0.0228. The third-order valence-electron chi connectivity index (χ3n) is 4.71. The van der Waals surface area contributed by atoms with Crippen molar-refractivity contribution in [1.29, 1.82) is 5.26 Å². The minimum Gasteiger partial charge on any atom is -0.321 e. The van der Waals surface area contributed by atoms with E-state index in [1.807, 2.05) is 43.3 Å². The van der Waals surface area contributed by atoms with Crippen LogP contribution in [0, 0.1) is 32.1 Å². The zero-order valence-electron chi connectivity index (χ0n) is 17.3. The normalized spacial score (nSPS) is 11.1. The van der Waals surface area contributed by atoms with Gasteiger partial charge >= 0.3 is 0 Å². The lowest BCUT2D eigenvalue weighted by molar-refractivity contribution is -0.112. The zero-order valence-corrected chi connectivity index (χ0v) is 18.0. The van der Waals surface area contributed by atoms with Gasteiger partial charge in [0.25, 0.3) is 5.91 Å². The summed E-state index contributed by atoms with van der Waals surface area (Å²) in [4.78, 5) is 12.5. The van der Waals surface area contributed by atoms with Crippen molar-refractivity contribution in [3.8, 4) is 6.07 Å². The van der Waals surface area contributed by atoms with Crippen molar-refractivity contribution in [1.82, 2.24) is 0 Å². The van der Waals surface area contributed by atoms with Crippen molar-refractivity contribution in [2.75, 3.05) is 5.32 Å². The Kier molecular flexibility index (Phi) is 6.72. The Hall–Kier alpha value is -3.35. The molecular weight excluding hydrogens is 392 g/mol. The van der Waals surface area contributed by atoms with Crippen LogP contribution in [-0.2, 0) is 11.2 Å². The van der Waals surface area contributed by atoms with E-state index in [0.29, 0.717) is 16.3 Å². The largest absolute Gasteiger partial charge is 0.321 e. The summed E-state index contributed by atoms with van der Waals surface area (Å²) in [6.45, 7) is 6.10. The highest BCUT2D eigenvalue weighted by molar-refractivity contribution is 6.31. The van der Waals surface area contributed by atoms with Crippen LogP contribution in [0.5, 0.6) is 0 Å². The molecule has 3 nitrogen and oxygen atoms in total. The molecule has 3 rings (SSSR count). The molecule has 0 aliphatic heterocycles. The van der Waals surface area contributed by atoms with Crippen LogP contribution < -0.4 is 5.32 Å². The summed E-state index contributed by atoms with van der Waals surface area (Å²) in [5.41, 5.74) is 7.06. The molecule has 30 heavy (non-hydrogen) atoms. The van der Waals surface area contributed by atoms with Gasteiger partial charge < -0.3 is 5.32 Å². The highest BCUT2D eigenvalue weighted by atomic mass is 35.5. The molecule has 0 aliphatic rings. The number of benzene rings is 3. The highest BCUT2D eigenvalue weighted by Gasteiger charge is 2.11. The minimum atomic E-state index is -0.446. The number of halogens is 1. The van der Waals surface area contributed by atoms with E-state index < -0.39 is 5.91 Å². The van der Waals surface area contributed by atoms with Crippen LogP contribution in [-0.4, -0.2) is 5.91 Å². The van der Waals surface area contributed by atoms with Gasteiger partial charge in [0.1, 0.15) is 11.6 Å². The van der Waals surface area contributed by atoms with Crippen LogP contribution in [0.4, 0.5) is 5.69 Å². The van der Waals surface area contributed by atoms with E-state index in [4.69, 9.17) is 11.6 Å². The van der Waals surface area contributed by atoms with Crippen molar-refractivity contribution < 1.29 is 4.79 Å². The predicted octanol–water partition coefficient (Wildman–Crippen LogP) is 6.40. The Labute approximate surface area is 182 Å². The van der Waals surface area contributed by atoms with Crippen LogP contribution in [0.25, 0.3) is 6.08 Å². The maximum absolute atomic E-state index is 12.5. The number of hydrogen-bond donors (Lipinski definition) is 1. The zero-order chi connectivity index (χ0) is 21.7. The molecule has 0 spiro atoms. The number of carbonyl (C=O) groups is 1. The fourth-order valence-corrected chi connectivity index (χ4v) is 3.68. The number of anilines is 1. The molecule has 0 saturated heterocycles. The monoisotopic (exact) mass is 414 g/mol. The Morgan fingerprint density at radius 2 is 1.73 bits per heavy atom. The number of hydrogen-bond acceptors (Lipinski definition) is 2. The Balaban J connectivity index is 1.79. The van der Waals surface area contributed by atoms with Gasteiger partial charge in [-0.05, 0) is 73.7 Å². The van der Waals surface area contributed by atoms with Crippen LogP contribution in [0.15, 0.2) is 66.2 Å². The smallest absolute Gasteiger partial charge is 0.266 e. The predicted molar refractivity (Wildman–Crippen MR) is 124 cm³/mol. The first-order chi connectivity index (χ1) is 14.3. The Bertz CT molecular complexity index is 1150. The first-order valence-corrected chi connectivity index (χ1v) is 10.1. The number of aryl methyl sites for hydroxylation is 3. The molecule has 150 valence electrons. The first-order valence-electron chi connectivity index (χ1n) is 9.69. The number of amides is 1. The quantitative estimate of drug-likeness (QED) is 0.387. The second kappa shape index (κ2) is 9.43. The molecule has 1 amide bonds. The fourth-order valence-electron chi connectivity index (χ4n) is 3.42. The molecule has 3 aromatic rings. The molecule has 0 heterocycles. The Morgan fingerprint density at radius 3 is 2.37 bits per heavy atom. The third-order valence-corrected chi connectivity index (χ3v) is 5.06. The second-order valence-electron chi connectivity index (χ2n) is 7.52. The number of nitriles is 1. The summed E-state index contributed by atoms with van der Waals surface area (Å²) in [6, 6.07) is 21.5. The number of nitrogens with zero attached hydrogens (tertiary/aromatic N) is 1. The van der Waals surface area contributed by atoms with Crippen molar-refractivity contribution in [3.63, 3.8) is 0 Å². The van der Waals surface area contributed by atoms with Gasteiger partial charge in [-0.25, -0.2) is 0 Å². The molecular formula is C26H23ClN2O. The molecule has 1 N–H and O–H groups in total. The lowest BCUT2D eigenvalue weighted by atomic mass is 9.99.